The molecule has 15 heavy (non-hydrogen) atoms. The minimum Gasteiger partial charge on any atom is -0.382 e. The van der Waals surface area contributed by atoms with Crippen molar-refractivity contribution in [2.75, 3.05) is 20.3 Å². The quantitative estimate of drug-likeness (QED) is 0.635. The van der Waals surface area contributed by atoms with Gasteiger partial charge in [-0.1, -0.05) is 23.2 Å². The highest BCUT2D eigenvalue weighted by Crippen LogP contribution is 2.34. The summed E-state index contributed by atoms with van der Waals surface area (Å²) in [5, 5.41) is 0. The number of hydroxylamine groups is 1. The fraction of sp³-hybridized carbons (Fsp3) is 0.556. The Morgan fingerprint density at radius 1 is 1.47 bits per heavy atom. The highest BCUT2D eigenvalue weighted by molar-refractivity contribution is 7.20. The van der Waals surface area contributed by atoms with Crippen molar-refractivity contribution in [1.29, 1.82) is 0 Å². The topological polar surface area (TPSA) is 30.5 Å². The van der Waals surface area contributed by atoms with E-state index in [0.717, 1.165) is 5.56 Å². The summed E-state index contributed by atoms with van der Waals surface area (Å²) in [5.41, 5.74) is 3.82. The van der Waals surface area contributed by atoms with Gasteiger partial charge in [0.2, 0.25) is 0 Å². The van der Waals surface area contributed by atoms with Crippen molar-refractivity contribution in [2.45, 2.75) is 13.0 Å². The van der Waals surface area contributed by atoms with Gasteiger partial charge in [-0.25, -0.2) is 0 Å². The second-order valence-corrected chi connectivity index (χ2v) is 5.25. The summed E-state index contributed by atoms with van der Waals surface area (Å²) < 4.78 is 6.22. The van der Waals surface area contributed by atoms with Crippen LogP contribution in [0.4, 0.5) is 0 Å². The number of thiophene rings is 1. The molecular formula is C9H13Cl2NO2S. The van der Waals surface area contributed by atoms with Crippen LogP contribution < -0.4 is 5.48 Å². The van der Waals surface area contributed by atoms with Crippen LogP contribution in [0.1, 0.15) is 18.5 Å². The number of hydrogen-bond donors (Lipinski definition) is 1. The summed E-state index contributed by atoms with van der Waals surface area (Å²) in [6, 6.07) is 1.85. The Morgan fingerprint density at radius 2 is 2.20 bits per heavy atom. The molecule has 1 rings (SSSR count). The lowest BCUT2D eigenvalue weighted by molar-refractivity contribution is -0.00916. The molecule has 1 heterocycles. The fourth-order valence-corrected chi connectivity index (χ4v) is 2.67. The number of nitrogens with one attached hydrogen (secondary N) is 1. The predicted octanol–water partition coefficient (Wildman–Crippen LogP) is 3.28. The number of hydrogen-bond acceptors (Lipinski definition) is 4. The maximum absolute atomic E-state index is 5.99. The molecule has 6 heteroatoms. The van der Waals surface area contributed by atoms with Crippen LogP contribution in [0.5, 0.6) is 0 Å². The van der Waals surface area contributed by atoms with Gasteiger partial charge < -0.3 is 4.74 Å². The van der Waals surface area contributed by atoms with Gasteiger partial charge in [0.05, 0.1) is 27.9 Å². The van der Waals surface area contributed by atoms with Crippen LogP contribution in [0.3, 0.4) is 0 Å². The van der Waals surface area contributed by atoms with E-state index in [0.29, 0.717) is 21.9 Å². The monoisotopic (exact) mass is 269 g/mol. The molecule has 1 aromatic rings. The Kier molecular flexibility index (Phi) is 5.89. The van der Waals surface area contributed by atoms with E-state index < -0.39 is 0 Å². The second kappa shape index (κ2) is 6.68. The van der Waals surface area contributed by atoms with E-state index in [9.17, 15) is 0 Å². The molecule has 0 radical (unpaired) electrons. The number of halogens is 2. The molecule has 0 aromatic carbocycles. The zero-order valence-corrected chi connectivity index (χ0v) is 10.9. The van der Waals surface area contributed by atoms with Gasteiger partial charge in [-0.3, -0.25) is 4.84 Å². The van der Waals surface area contributed by atoms with Crippen LogP contribution in [-0.4, -0.2) is 20.3 Å². The molecule has 1 N–H and O–H groups in total. The van der Waals surface area contributed by atoms with Gasteiger partial charge in [0.15, 0.2) is 0 Å². The number of methoxy groups -OCH3 is 1. The van der Waals surface area contributed by atoms with E-state index in [-0.39, 0.29) is 6.04 Å². The zero-order chi connectivity index (χ0) is 11.3. The first-order valence-electron chi connectivity index (χ1n) is 4.46. The van der Waals surface area contributed by atoms with E-state index >= 15 is 0 Å². The molecule has 3 nitrogen and oxygen atoms in total. The molecule has 86 valence electrons. The third-order valence-electron chi connectivity index (χ3n) is 1.80. The predicted molar refractivity (Wildman–Crippen MR) is 63.7 cm³/mol. The molecule has 0 aliphatic heterocycles. The molecule has 0 amide bonds. The molecule has 1 unspecified atom stereocenters. The van der Waals surface area contributed by atoms with Gasteiger partial charge in [0.25, 0.3) is 0 Å². The lowest BCUT2D eigenvalue weighted by atomic mass is 10.2. The Morgan fingerprint density at radius 3 is 2.73 bits per heavy atom. The van der Waals surface area contributed by atoms with E-state index in [4.69, 9.17) is 32.8 Å². The first kappa shape index (κ1) is 13.2. The second-order valence-electron chi connectivity index (χ2n) is 2.96. The van der Waals surface area contributed by atoms with Gasteiger partial charge >= 0.3 is 0 Å². The smallest absolute Gasteiger partial charge is 0.0992 e. The Bertz CT molecular complexity index is 306. The molecule has 1 atom stereocenters. The molecule has 0 saturated heterocycles. The molecule has 0 bridgehead atoms. The summed E-state index contributed by atoms with van der Waals surface area (Å²) in [6.45, 7) is 3.01. The van der Waals surface area contributed by atoms with Crippen LogP contribution >= 0.6 is 34.5 Å². The van der Waals surface area contributed by atoms with Crippen LogP contribution in [0.2, 0.25) is 8.67 Å². The summed E-state index contributed by atoms with van der Waals surface area (Å²) in [6.07, 6.45) is 0. The first-order chi connectivity index (χ1) is 7.15. The maximum atomic E-state index is 5.99. The van der Waals surface area contributed by atoms with E-state index in [1.54, 1.807) is 7.11 Å². The van der Waals surface area contributed by atoms with E-state index in [1.165, 1.54) is 11.3 Å². The zero-order valence-electron chi connectivity index (χ0n) is 8.55. The van der Waals surface area contributed by atoms with Crippen molar-refractivity contribution in [1.82, 2.24) is 5.48 Å². The molecule has 0 spiro atoms. The number of rotatable bonds is 6. The Labute approximate surface area is 103 Å². The van der Waals surface area contributed by atoms with Gasteiger partial charge in [0.1, 0.15) is 0 Å². The Hall–Kier alpha value is 0.160. The third kappa shape index (κ3) is 4.26. The molecule has 0 fully saturated rings. The van der Waals surface area contributed by atoms with E-state index in [1.807, 2.05) is 13.0 Å². The normalized spacial score (nSPS) is 13.1. The van der Waals surface area contributed by atoms with Gasteiger partial charge in [-0.15, -0.1) is 11.3 Å². The summed E-state index contributed by atoms with van der Waals surface area (Å²) in [4.78, 5) is 5.18. The summed E-state index contributed by atoms with van der Waals surface area (Å²) in [7, 11) is 1.63. The number of ether oxygens (including phenoxy) is 1. The van der Waals surface area contributed by atoms with Crippen molar-refractivity contribution >= 4 is 34.5 Å². The molecule has 0 aliphatic rings. The third-order valence-corrected chi connectivity index (χ3v) is 3.32. The average molecular weight is 270 g/mol. The van der Waals surface area contributed by atoms with Crippen LogP contribution in [0.25, 0.3) is 0 Å². The van der Waals surface area contributed by atoms with Crippen LogP contribution in [-0.2, 0) is 9.57 Å². The summed E-state index contributed by atoms with van der Waals surface area (Å²) >= 11 is 13.2. The molecule has 1 aromatic heterocycles. The minimum absolute atomic E-state index is 0.0121. The summed E-state index contributed by atoms with van der Waals surface area (Å²) in [5.74, 6) is 0. The maximum Gasteiger partial charge on any atom is 0.0992 e. The van der Waals surface area contributed by atoms with Crippen molar-refractivity contribution in [2.24, 2.45) is 0 Å². The first-order valence-corrected chi connectivity index (χ1v) is 6.03. The van der Waals surface area contributed by atoms with Crippen molar-refractivity contribution in [3.63, 3.8) is 0 Å². The fourth-order valence-electron chi connectivity index (χ4n) is 1.02. The van der Waals surface area contributed by atoms with Gasteiger partial charge in [-0.2, -0.15) is 5.48 Å². The average Bonchev–Trinajstić information content (AvgIpc) is 2.52. The lowest BCUT2D eigenvalue weighted by Crippen LogP contribution is -2.21. The highest BCUT2D eigenvalue weighted by Gasteiger charge is 2.12. The highest BCUT2D eigenvalue weighted by atomic mass is 35.5. The van der Waals surface area contributed by atoms with Crippen LogP contribution in [0, 0.1) is 0 Å². The van der Waals surface area contributed by atoms with Crippen molar-refractivity contribution in [3.05, 3.63) is 20.3 Å². The van der Waals surface area contributed by atoms with Crippen molar-refractivity contribution < 1.29 is 9.57 Å². The molecule has 0 saturated carbocycles. The standard InChI is InChI=1S/C9H13Cl2NO2S/c1-6(12-14-4-3-13-2)7-5-8(10)15-9(7)11/h5-6,12H,3-4H2,1-2H3. The molecular weight excluding hydrogens is 257 g/mol. The SMILES string of the molecule is COCCONC(C)c1cc(Cl)sc1Cl. The van der Waals surface area contributed by atoms with Gasteiger partial charge in [0, 0.05) is 12.7 Å². The van der Waals surface area contributed by atoms with Gasteiger partial charge in [-0.05, 0) is 13.0 Å². The van der Waals surface area contributed by atoms with Crippen molar-refractivity contribution in [3.8, 4) is 0 Å². The van der Waals surface area contributed by atoms with E-state index in [2.05, 4.69) is 5.48 Å². The minimum atomic E-state index is 0.0121. The lowest BCUT2D eigenvalue weighted by Gasteiger charge is -2.12. The largest absolute Gasteiger partial charge is 0.382 e. The molecule has 0 aliphatic carbocycles. The van der Waals surface area contributed by atoms with Crippen LogP contribution in [0.15, 0.2) is 6.07 Å². The Balaban J connectivity index is 2.39.